The highest BCUT2D eigenvalue weighted by Crippen LogP contribution is 2.38. The van der Waals surface area contributed by atoms with Gasteiger partial charge in [-0.3, -0.25) is 14.4 Å². The zero-order valence-electron chi connectivity index (χ0n) is 21.5. The molecule has 3 atom stereocenters. The van der Waals surface area contributed by atoms with Crippen LogP contribution in [-0.4, -0.2) is 59.7 Å². The maximum atomic E-state index is 13.4. The maximum absolute atomic E-state index is 13.4. The van der Waals surface area contributed by atoms with Gasteiger partial charge < -0.3 is 15.1 Å². The van der Waals surface area contributed by atoms with Crippen LogP contribution in [0.4, 0.5) is 26.3 Å². The molecule has 1 aliphatic heterocycles. The van der Waals surface area contributed by atoms with Crippen LogP contribution in [0.25, 0.3) is 0 Å². The molecule has 0 saturated carbocycles. The molecule has 6 nitrogen and oxygen atoms in total. The Balaban J connectivity index is 2.00. The lowest BCUT2D eigenvalue weighted by molar-refractivity contribution is -0.143. The Hall–Kier alpha value is -2.99. The lowest BCUT2D eigenvalue weighted by Crippen LogP contribution is -2.55. The number of nitrogens with one attached hydrogen (secondary N) is 1. The van der Waals surface area contributed by atoms with Crippen LogP contribution in [0.3, 0.4) is 0 Å². The first-order valence-corrected chi connectivity index (χ1v) is 12.7. The molecule has 14 heteroatoms. The Bertz CT molecular complexity index is 1270. The molecule has 3 amide bonds. The van der Waals surface area contributed by atoms with Crippen molar-refractivity contribution in [3.8, 4) is 0 Å². The molecule has 0 aliphatic carbocycles. The van der Waals surface area contributed by atoms with E-state index >= 15 is 0 Å². The molecule has 0 bridgehead atoms. The average Bonchev–Trinajstić information content (AvgIpc) is 2.87. The summed E-state index contributed by atoms with van der Waals surface area (Å²) in [4.78, 5) is 40.3. The Morgan fingerprint density at radius 1 is 0.975 bits per heavy atom. The van der Waals surface area contributed by atoms with E-state index in [1.807, 2.05) is 0 Å². The monoisotopic (exact) mass is 611 g/mol. The van der Waals surface area contributed by atoms with Crippen LogP contribution in [0.2, 0.25) is 10.0 Å². The summed E-state index contributed by atoms with van der Waals surface area (Å²) >= 11 is 12.2. The minimum absolute atomic E-state index is 0.0272. The molecule has 40 heavy (non-hydrogen) atoms. The fourth-order valence-corrected chi connectivity index (χ4v) is 5.05. The van der Waals surface area contributed by atoms with Crippen LogP contribution in [0.15, 0.2) is 36.4 Å². The number of hydrogen-bond acceptors (Lipinski definition) is 3. The van der Waals surface area contributed by atoms with E-state index in [0.717, 1.165) is 4.90 Å². The van der Waals surface area contributed by atoms with E-state index in [9.17, 15) is 40.7 Å². The molecule has 1 fully saturated rings. The van der Waals surface area contributed by atoms with E-state index in [0.29, 0.717) is 17.7 Å². The Morgan fingerprint density at radius 2 is 1.55 bits per heavy atom. The summed E-state index contributed by atoms with van der Waals surface area (Å²) in [7, 11) is 1.28. The smallest absolute Gasteiger partial charge is 0.345 e. The van der Waals surface area contributed by atoms with Crippen LogP contribution < -0.4 is 5.32 Å². The van der Waals surface area contributed by atoms with Gasteiger partial charge in [-0.1, -0.05) is 29.3 Å². The number of carbonyl (C=O) groups is 3. The minimum Gasteiger partial charge on any atom is -0.345 e. The number of piperidine rings is 1. The quantitative estimate of drug-likeness (QED) is 0.421. The first kappa shape index (κ1) is 31.5. The molecule has 1 heterocycles. The predicted octanol–water partition coefficient (Wildman–Crippen LogP) is 6.01. The molecule has 1 N–H and O–H groups in total. The molecule has 218 valence electrons. The van der Waals surface area contributed by atoms with Crippen molar-refractivity contribution >= 4 is 40.9 Å². The lowest BCUT2D eigenvalue weighted by Gasteiger charge is -2.43. The van der Waals surface area contributed by atoms with Gasteiger partial charge in [-0.15, -0.1) is 0 Å². The molecular formula is C26H25Cl2F6N3O3. The zero-order chi connectivity index (χ0) is 30.2. The van der Waals surface area contributed by atoms with Gasteiger partial charge in [0, 0.05) is 44.6 Å². The average molecular weight is 612 g/mol. The second kappa shape index (κ2) is 11.9. The van der Waals surface area contributed by atoms with E-state index in [4.69, 9.17) is 23.2 Å². The highest BCUT2D eigenvalue weighted by atomic mass is 35.5. The number of halogens is 8. The summed E-state index contributed by atoms with van der Waals surface area (Å²) < 4.78 is 80.4. The highest BCUT2D eigenvalue weighted by Gasteiger charge is 2.40. The fraction of sp³-hybridized carbons (Fsp3) is 0.423. The molecule has 2 aromatic rings. The Morgan fingerprint density at radius 3 is 2.05 bits per heavy atom. The van der Waals surface area contributed by atoms with Crippen molar-refractivity contribution in [3.05, 3.63) is 68.7 Å². The molecule has 0 aromatic heterocycles. The minimum atomic E-state index is -5.12. The second-order valence-electron chi connectivity index (χ2n) is 9.55. The van der Waals surface area contributed by atoms with Gasteiger partial charge in [-0.25, -0.2) is 0 Å². The molecule has 2 aromatic carbocycles. The first-order chi connectivity index (χ1) is 18.4. The van der Waals surface area contributed by atoms with Gasteiger partial charge in [-0.05, 0) is 49.2 Å². The molecule has 1 unspecified atom stereocenters. The number of likely N-dealkylation sites (tertiary alicyclic amines) is 1. The van der Waals surface area contributed by atoms with Crippen molar-refractivity contribution < 1.29 is 40.7 Å². The molecule has 1 saturated heterocycles. The standard InChI is InChI=1S/C26H25Cl2F6N3O3/c1-13(35-14(2)38)23(39)37-7-6-22(19(12-37)15-4-5-20(27)21(28)10-15)36(3)24(40)16-8-17(25(29,30)31)11-18(9-16)26(32,33)34/h4-5,8-11,13,19,22H,6-7,12H2,1-3H3,(H,35,38)/t13?,19-,22+/m0/s1. The van der Waals surface area contributed by atoms with Crippen molar-refractivity contribution in [2.45, 2.75) is 50.6 Å². The van der Waals surface area contributed by atoms with Gasteiger partial charge in [0.15, 0.2) is 0 Å². The number of likely N-dealkylation sites (N-methyl/N-ethyl adjacent to an activating group) is 1. The summed E-state index contributed by atoms with van der Waals surface area (Å²) in [6, 6.07) is 3.77. The van der Waals surface area contributed by atoms with E-state index in [-0.39, 0.29) is 35.6 Å². The predicted molar refractivity (Wildman–Crippen MR) is 136 cm³/mol. The number of hydrogen-bond donors (Lipinski definition) is 1. The summed E-state index contributed by atoms with van der Waals surface area (Å²) in [6.07, 6.45) is -10.1. The van der Waals surface area contributed by atoms with Gasteiger partial charge in [0.05, 0.1) is 21.2 Å². The summed E-state index contributed by atoms with van der Waals surface area (Å²) in [5.41, 5.74) is -3.45. The van der Waals surface area contributed by atoms with Crippen LogP contribution in [0.1, 0.15) is 53.2 Å². The Kier molecular flexibility index (Phi) is 9.35. The number of alkyl halides is 6. The van der Waals surface area contributed by atoms with Crippen molar-refractivity contribution in [1.29, 1.82) is 0 Å². The highest BCUT2D eigenvalue weighted by molar-refractivity contribution is 6.42. The third-order valence-corrected chi connectivity index (χ3v) is 7.44. The molecule has 0 spiro atoms. The van der Waals surface area contributed by atoms with Gasteiger partial charge in [0.1, 0.15) is 6.04 Å². The number of benzene rings is 2. The normalized spacial score (nSPS) is 18.7. The first-order valence-electron chi connectivity index (χ1n) is 12.0. The van der Waals surface area contributed by atoms with E-state index in [2.05, 4.69) is 5.32 Å². The third-order valence-electron chi connectivity index (χ3n) is 6.70. The van der Waals surface area contributed by atoms with Gasteiger partial charge in [-0.2, -0.15) is 26.3 Å². The third kappa shape index (κ3) is 7.20. The second-order valence-corrected chi connectivity index (χ2v) is 10.4. The van der Waals surface area contributed by atoms with Crippen molar-refractivity contribution in [2.75, 3.05) is 20.1 Å². The number of rotatable bonds is 5. The van der Waals surface area contributed by atoms with Crippen molar-refractivity contribution in [2.24, 2.45) is 0 Å². The van der Waals surface area contributed by atoms with Crippen LogP contribution in [0, 0.1) is 0 Å². The molecular weight excluding hydrogens is 587 g/mol. The van der Waals surface area contributed by atoms with Gasteiger partial charge in [0.2, 0.25) is 11.8 Å². The van der Waals surface area contributed by atoms with E-state index in [1.165, 1.54) is 37.9 Å². The number of nitrogens with zero attached hydrogens (tertiary/aromatic N) is 2. The van der Waals surface area contributed by atoms with Gasteiger partial charge >= 0.3 is 12.4 Å². The largest absolute Gasteiger partial charge is 0.416 e. The summed E-state index contributed by atoms with van der Waals surface area (Å²) in [5, 5.41) is 2.91. The fourth-order valence-electron chi connectivity index (χ4n) is 4.75. The maximum Gasteiger partial charge on any atom is 0.416 e. The molecule has 1 aliphatic rings. The number of carbonyl (C=O) groups excluding carboxylic acids is 3. The van der Waals surface area contributed by atoms with Crippen LogP contribution in [-0.2, 0) is 21.9 Å². The lowest BCUT2D eigenvalue weighted by atomic mass is 9.84. The van der Waals surface area contributed by atoms with Gasteiger partial charge in [0.25, 0.3) is 5.91 Å². The topological polar surface area (TPSA) is 69.7 Å². The molecule has 3 rings (SSSR count). The van der Waals surface area contributed by atoms with E-state index in [1.54, 1.807) is 6.07 Å². The van der Waals surface area contributed by atoms with Crippen LogP contribution >= 0.6 is 23.2 Å². The molecule has 0 radical (unpaired) electrons. The number of amides is 3. The SMILES string of the molecule is CC(=O)NC(C)C(=O)N1CC[C@@H](N(C)C(=O)c2cc(C(F)(F)F)cc(C(F)(F)F)c2)[C@H](c2ccc(Cl)c(Cl)c2)C1. The van der Waals surface area contributed by atoms with Crippen molar-refractivity contribution in [3.63, 3.8) is 0 Å². The summed E-state index contributed by atoms with van der Waals surface area (Å²) in [6.45, 7) is 2.90. The van der Waals surface area contributed by atoms with Crippen molar-refractivity contribution in [1.82, 2.24) is 15.1 Å². The Labute approximate surface area is 236 Å². The van der Waals surface area contributed by atoms with E-state index < -0.39 is 64.8 Å². The zero-order valence-corrected chi connectivity index (χ0v) is 23.0. The summed E-state index contributed by atoms with van der Waals surface area (Å²) in [5.74, 6) is -2.52. The van der Waals surface area contributed by atoms with Crippen LogP contribution in [0.5, 0.6) is 0 Å².